The second kappa shape index (κ2) is 8.55. The number of hydrogen-bond donors (Lipinski definition) is 1. The summed E-state index contributed by atoms with van der Waals surface area (Å²) in [6, 6.07) is 14.1. The van der Waals surface area contributed by atoms with Crippen molar-refractivity contribution in [1.29, 1.82) is 0 Å². The van der Waals surface area contributed by atoms with Gasteiger partial charge in [-0.25, -0.2) is 8.42 Å². The summed E-state index contributed by atoms with van der Waals surface area (Å²) in [4.78, 5) is 12.0. The minimum Gasteiger partial charge on any atom is -0.484 e. The van der Waals surface area contributed by atoms with Crippen molar-refractivity contribution in [3.05, 3.63) is 58.6 Å². The van der Waals surface area contributed by atoms with E-state index >= 15 is 0 Å². The molecule has 2 aromatic rings. The number of halogens is 1. The van der Waals surface area contributed by atoms with Gasteiger partial charge in [-0.1, -0.05) is 28.1 Å². The number of carbonyl (C=O) groups excluding carboxylic acids is 1. The number of sulfonamides is 1. The third-order valence-corrected chi connectivity index (χ3v) is 5.55. The smallest absolute Gasteiger partial charge is 0.258 e. The van der Waals surface area contributed by atoms with Gasteiger partial charge in [0, 0.05) is 11.5 Å². The van der Waals surface area contributed by atoms with Crippen LogP contribution in [0.3, 0.4) is 0 Å². The van der Waals surface area contributed by atoms with Crippen LogP contribution in [0.4, 0.5) is 5.69 Å². The highest BCUT2D eigenvalue weighted by Gasteiger charge is 2.13. The lowest BCUT2D eigenvalue weighted by Gasteiger charge is -2.17. The molecule has 2 rings (SSSR count). The molecule has 140 valence electrons. The first-order valence-corrected chi connectivity index (χ1v) is 10.5. The third-order valence-electron chi connectivity index (χ3n) is 3.82. The second-order valence-corrected chi connectivity index (χ2v) is 8.78. The Balaban J connectivity index is 1.88. The van der Waals surface area contributed by atoms with Gasteiger partial charge in [-0.2, -0.15) is 0 Å². The molecule has 1 atom stereocenters. The van der Waals surface area contributed by atoms with Crippen LogP contribution >= 0.6 is 15.9 Å². The minimum absolute atomic E-state index is 0.123. The molecule has 2 aromatic carbocycles. The van der Waals surface area contributed by atoms with E-state index in [2.05, 4.69) is 21.2 Å². The van der Waals surface area contributed by atoms with Gasteiger partial charge in [-0.15, -0.1) is 0 Å². The van der Waals surface area contributed by atoms with Gasteiger partial charge in [0.15, 0.2) is 6.61 Å². The Labute approximate surface area is 162 Å². The van der Waals surface area contributed by atoms with Crippen molar-refractivity contribution in [2.75, 3.05) is 24.2 Å². The summed E-state index contributed by atoms with van der Waals surface area (Å²) in [6.07, 6.45) is 1.13. The van der Waals surface area contributed by atoms with E-state index in [0.29, 0.717) is 11.4 Å². The molecule has 6 nitrogen and oxygen atoms in total. The quantitative estimate of drug-likeness (QED) is 0.717. The molecule has 0 radical (unpaired) electrons. The Morgan fingerprint density at radius 2 is 1.73 bits per heavy atom. The zero-order valence-corrected chi connectivity index (χ0v) is 17.2. The Bertz CT molecular complexity index is 852. The number of hydrogen-bond acceptors (Lipinski definition) is 4. The normalized spacial score (nSPS) is 12.3. The molecular formula is C18H21BrN2O4S. The standard InChI is InChI=1S/C18H21BrN2O4S/c1-13(14-4-6-15(19)7-5-14)20-18(22)12-25-17-10-8-16(9-11-17)21(2)26(3,23)24/h4-11,13H,12H2,1-3H3,(H,20,22). The Morgan fingerprint density at radius 3 is 2.27 bits per heavy atom. The predicted molar refractivity (Wildman–Crippen MR) is 106 cm³/mol. The minimum atomic E-state index is -3.31. The fourth-order valence-corrected chi connectivity index (χ4v) is 2.98. The van der Waals surface area contributed by atoms with Crippen molar-refractivity contribution >= 4 is 37.5 Å². The number of ether oxygens (including phenoxy) is 1. The van der Waals surface area contributed by atoms with Crippen molar-refractivity contribution in [2.24, 2.45) is 0 Å². The molecule has 0 heterocycles. The van der Waals surface area contributed by atoms with Crippen LogP contribution in [0.2, 0.25) is 0 Å². The molecule has 0 saturated carbocycles. The summed E-state index contributed by atoms with van der Waals surface area (Å²) in [5.74, 6) is 0.250. The van der Waals surface area contributed by atoms with Crippen LogP contribution in [0.25, 0.3) is 0 Å². The maximum Gasteiger partial charge on any atom is 0.258 e. The molecule has 0 aliphatic rings. The van der Waals surface area contributed by atoms with E-state index in [9.17, 15) is 13.2 Å². The van der Waals surface area contributed by atoms with Gasteiger partial charge in [0.1, 0.15) is 5.75 Å². The van der Waals surface area contributed by atoms with Crippen LogP contribution in [0.1, 0.15) is 18.5 Å². The lowest BCUT2D eigenvalue weighted by atomic mass is 10.1. The predicted octanol–water partition coefficient (Wildman–Crippen LogP) is 3.10. The van der Waals surface area contributed by atoms with Gasteiger partial charge < -0.3 is 10.1 Å². The van der Waals surface area contributed by atoms with E-state index in [1.54, 1.807) is 24.3 Å². The summed E-state index contributed by atoms with van der Waals surface area (Å²) in [6.45, 7) is 1.78. The third kappa shape index (κ3) is 5.74. The number of anilines is 1. The number of benzene rings is 2. The zero-order chi connectivity index (χ0) is 19.3. The molecule has 0 fully saturated rings. The summed E-state index contributed by atoms with van der Waals surface area (Å²) in [7, 11) is -1.84. The largest absolute Gasteiger partial charge is 0.484 e. The second-order valence-electron chi connectivity index (χ2n) is 5.85. The van der Waals surface area contributed by atoms with E-state index in [1.165, 1.54) is 11.4 Å². The van der Waals surface area contributed by atoms with Crippen LogP contribution < -0.4 is 14.4 Å². The summed E-state index contributed by atoms with van der Waals surface area (Å²) in [5.41, 5.74) is 1.52. The first-order valence-electron chi connectivity index (χ1n) is 7.88. The molecule has 26 heavy (non-hydrogen) atoms. The Morgan fingerprint density at radius 1 is 1.15 bits per heavy atom. The van der Waals surface area contributed by atoms with E-state index in [0.717, 1.165) is 16.3 Å². The number of carbonyl (C=O) groups is 1. The van der Waals surface area contributed by atoms with E-state index in [4.69, 9.17) is 4.74 Å². The fourth-order valence-electron chi connectivity index (χ4n) is 2.21. The molecule has 0 saturated heterocycles. The SMILES string of the molecule is CC(NC(=O)COc1ccc(N(C)S(C)(=O)=O)cc1)c1ccc(Br)cc1. The van der Waals surface area contributed by atoms with Gasteiger partial charge in [0.2, 0.25) is 10.0 Å². The van der Waals surface area contributed by atoms with Gasteiger partial charge in [-0.3, -0.25) is 9.10 Å². The molecule has 1 unspecified atom stereocenters. The van der Waals surface area contributed by atoms with Crippen LogP contribution in [0, 0.1) is 0 Å². The Kier molecular flexibility index (Phi) is 6.66. The molecule has 1 N–H and O–H groups in total. The van der Waals surface area contributed by atoms with Crippen LogP contribution in [0.15, 0.2) is 53.0 Å². The first kappa shape index (κ1) is 20.3. The topological polar surface area (TPSA) is 75.7 Å². The average Bonchev–Trinajstić information content (AvgIpc) is 2.59. The molecular weight excluding hydrogens is 420 g/mol. The number of amides is 1. The molecule has 8 heteroatoms. The lowest BCUT2D eigenvalue weighted by Crippen LogP contribution is -2.31. The fraction of sp³-hybridized carbons (Fsp3) is 0.278. The molecule has 0 spiro atoms. The Hall–Kier alpha value is -2.06. The van der Waals surface area contributed by atoms with Crippen molar-refractivity contribution < 1.29 is 17.9 Å². The van der Waals surface area contributed by atoms with Gasteiger partial charge in [-0.05, 0) is 48.9 Å². The van der Waals surface area contributed by atoms with Crippen molar-refractivity contribution in [2.45, 2.75) is 13.0 Å². The van der Waals surface area contributed by atoms with Crippen molar-refractivity contribution in [3.8, 4) is 5.75 Å². The summed E-state index contributed by atoms with van der Waals surface area (Å²) >= 11 is 3.38. The highest BCUT2D eigenvalue weighted by Crippen LogP contribution is 2.20. The molecule has 0 bridgehead atoms. The van der Waals surface area contributed by atoms with Gasteiger partial charge >= 0.3 is 0 Å². The lowest BCUT2D eigenvalue weighted by molar-refractivity contribution is -0.123. The summed E-state index contributed by atoms with van der Waals surface area (Å²) < 4.78 is 30.6. The monoisotopic (exact) mass is 440 g/mol. The highest BCUT2D eigenvalue weighted by atomic mass is 79.9. The number of nitrogens with zero attached hydrogens (tertiary/aromatic N) is 1. The van der Waals surface area contributed by atoms with E-state index in [1.807, 2.05) is 31.2 Å². The molecule has 0 aromatic heterocycles. The van der Waals surface area contributed by atoms with Crippen molar-refractivity contribution in [1.82, 2.24) is 5.32 Å². The molecule has 0 aliphatic carbocycles. The molecule has 1 amide bonds. The van der Waals surface area contributed by atoms with Crippen LogP contribution in [0.5, 0.6) is 5.75 Å². The van der Waals surface area contributed by atoms with E-state index in [-0.39, 0.29) is 18.6 Å². The van der Waals surface area contributed by atoms with E-state index < -0.39 is 10.0 Å². The van der Waals surface area contributed by atoms with Crippen LogP contribution in [-0.4, -0.2) is 34.2 Å². The highest BCUT2D eigenvalue weighted by molar-refractivity contribution is 9.10. The van der Waals surface area contributed by atoms with Gasteiger partial charge in [0.25, 0.3) is 5.91 Å². The molecule has 0 aliphatic heterocycles. The first-order chi connectivity index (χ1) is 12.2. The maximum atomic E-state index is 12.0. The maximum absolute atomic E-state index is 12.0. The van der Waals surface area contributed by atoms with Gasteiger partial charge in [0.05, 0.1) is 18.0 Å². The van der Waals surface area contributed by atoms with Crippen molar-refractivity contribution in [3.63, 3.8) is 0 Å². The average molecular weight is 441 g/mol. The number of rotatable bonds is 7. The summed E-state index contributed by atoms with van der Waals surface area (Å²) in [5, 5.41) is 2.87. The van der Waals surface area contributed by atoms with Crippen LogP contribution in [-0.2, 0) is 14.8 Å². The number of nitrogens with one attached hydrogen (secondary N) is 1. The zero-order valence-electron chi connectivity index (χ0n) is 14.8.